The molecule has 0 aliphatic rings. The summed E-state index contributed by atoms with van der Waals surface area (Å²) in [5.74, 6) is -3.04. The third-order valence-corrected chi connectivity index (χ3v) is 9.11. The van der Waals surface area contributed by atoms with Gasteiger partial charge in [-0.2, -0.15) is 22.6 Å². The summed E-state index contributed by atoms with van der Waals surface area (Å²) in [7, 11) is -15.0. The first-order valence-corrected chi connectivity index (χ1v) is 16.7. The number of hydrogen-bond acceptors (Lipinski definition) is 14. The fourth-order valence-corrected chi connectivity index (χ4v) is 6.17. The molecule has 0 atom stereocenters. The number of nitrogens with one attached hydrogen (secondary N) is 1. The molecule has 0 fully saturated rings. The van der Waals surface area contributed by atoms with Gasteiger partial charge in [0.2, 0.25) is 4.90 Å². The SMILES string of the molecule is O=[N+]([O-])c1cc(S(=O)(=O)[O-])cc(N=Nc2c(S(=O)(=O)O)cc3cc(Nc4ccc5c(O)cc([S+](=O)(O)O)cc5c4)ccc3c2[O-])c1[O-].[Na+].[Na+].[Na+]. The first kappa shape index (κ1) is 43.9. The Hall–Kier alpha value is -2.29. The van der Waals surface area contributed by atoms with Gasteiger partial charge in [0.1, 0.15) is 20.8 Å². The van der Waals surface area contributed by atoms with E-state index < -0.39 is 78.9 Å². The van der Waals surface area contributed by atoms with Crippen molar-refractivity contribution in [2.45, 2.75) is 14.7 Å². The van der Waals surface area contributed by atoms with Crippen molar-refractivity contribution in [1.29, 1.82) is 0 Å². The number of phenolic OH excluding ortho intramolecular Hbond substituents is 1. The van der Waals surface area contributed by atoms with Crippen molar-refractivity contribution in [1.82, 2.24) is 0 Å². The van der Waals surface area contributed by atoms with Crippen molar-refractivity contribution < 1.29 is 148 Å². The second kappa shape index (κ2) is 16.2. The maximum Gasteiger partial charge on any atom is 1.00 e. The average Bonchev–Trinajstić information content (AvgIpc) is 2.95. The van der Waals surface area contributed by atoms with E-state index in [4.69, 9.17) is 0 Å². The van der Waals surface area contributed by atoms with Gasteiger partial charge in [-0.1, -0.05) is 11.8 Å². The van der Waals surface area contributed by atoms with E-state index >= 15 is 0 Å². The fraction of sp³-hybridized carbons (Fsp3) is 0. The van der Waals surface area contributed by atoms with Crippen LogP contribution in [0, 0.1) is 10.1 Å². The topological polar surface area (TPSA) is 315 Å². The zero-order chi connectivity index (χ0) is 34.6. The van der Waals surface area contributed by atoms with E-state index in [1.807, 2.05) is 0 Å². The van der Waals surface area contributed by atoms with E-state index in [0.29, 0.717) is 11.8 Å². The number of nitrogens with zero attached hydrogens (tertiary/aromatic N) is 3. The van der Waals surface area contributed by atoms with Crippen LogP contribution >= 0.6 is 0 Å². The maximum absolute atomic E-state index is 13.3. The molecular weight excluding hydrogens is 757 g/mol. The molecule has 0 radical (unpaired) electrons. The molecule has 5 aromatic rings. The standard InChI is InChI=1S/C26H18N4O14S3.3Na/c31-22-11-16(45(36,37)38)7-12-5-14(1-3-18(12)22)27-15-2-4-19-13(6-15)8-23(47(42,43)44)24(25(19)32)29-28-20-9-17(46(39,40)41)10-21(26(20)33)30(34)35;;;/h1-11H,(H7-,27,28,29,31,32,33,36,37,38,39,40,41,42,43,44);;;/q;3*+1/p-2. The molecule has 50 heavy (non-hydrogen) atoms. The summed E-state index contributed by atoms with van der Waals surface area (Å²) < 4.78 is 99.2. The molecule has 0 saturated heterocycles. The van der Waals surface area contributed by atoms with Gasteiger partial charge in [-0.15, -0.1) is 5.11 Å². The molecule has 18 nitrogen and oxygen atoms in total. The van der Waals surface area contributed by atoms with Gasteiger partial charge in [0.15, 0.2) is 0 Å². The minimum Gasteiger partial charge on any atom is -0.871 e. The molecule has 24 heteroatoms. The normalized spacial score (nSPS) is 11.8. The molecule has 0 heterocycles. The van der Waals surface area contributed by atoms with Gasteiger partial charge in [-0.25, -0.2) is 8.42 Å². The second-order valence-corrected chi connectivity index (χ2v) is 13.9. The Morgan fingerprint density at radius 2 is 1.34 bits per heavy atom. The van der Waals surface area contributed by atoms with Gasteiger partial charge >= 0.3 is 99.2 Å². The smallest absolute Gasteiger partial charge is 0.871 e. The van der Waals surface area contributed by atoms with Crippen LogP contribution in [0.25, 0.3) is 21.5 Å². The zero-order valence-corrected chi connectivity index (χ0v) is 34.2. The summed E-state index contributed by atoms with van der Waals surface area (Å²) >= 11 is 0. The summed E-state index contributed by atoms with van der Waals surface area (Å²) in [6.07, 6.45) is 0. The molecule has 244 valence electrons. The number of nitro benzene ring substituents is 1. The van der Waals surface area contributed by atoms with Gasteiger partial charge in [-0.3, -0.25) is 14.7 Å². The summed E-state index contributed by atoms with van der Waals surface area (Å²) in [5.41, 5.74) is -2.92. The Morgan fingerprint density at radius 3 is 1.86 bits per heavy atom. The summed E-state index contributed by atoms with van der Waals surface area (Å²) in [4.78, 5) is 7.14. The molecule has 0 bridgehead atoms. The molecule has 0 aromatic heterocycles. The van der Waals surface area contributed by atoms with E-state index in [1.54, 1.807) is 0 Å². The van der Waals surface area contributed by atoms with Crippen LogP contribution in [0.2, 0.25) is 0 Å². The van der Waals surface area contributed by atoms with Crippen molar-refractivity contribution in [3.63, 3.8) is 0 Å². The summed E-state index contributed by atoms with van der Waals surface area (Å²) in [6.45, 7) is 0. The summed E-state index contributed by atoms with van der Waals surface area (Å²) in [6, 6.07) is 11.8. The molecule has 0 amide bonds. The van der Waals surface area contributed by atoms with Crippen LogP contribution in [0.4, 0.5) is 28.4 Å². The van der Waals surface area contributed by atoms with Crippen molar-refractivity contribution in [2.24, 2.45) is 10.2 Å². The Bertz CT molecular complexity index is 2480. The van der Waals surface area contributed by atoms with Crippen LogP contribution in [0.1, 0.15) is 0 Å². The largest absolute Gasteiger partial charge is 1.00 e. The second-order valence-electron chi connectivity index (χ2n) is 9.67. The molecule has 0 saturated carbocycles. The molecule has 5 rings (SSSR count). The van der Waals surface area contributed by atoms with Gasteiger partial charge in [0.05, 0.1) is 21.2 Å². The Labute approximate surface area is 349 Å². The van der Waals surface area contributed by atoms with E-state index in [-0.39, 0.29) is 128 Å². The molecule has 0 aliphatic carbocycles. The van der Waals surface area contributed by atoms with Crippen LogP contribution < -0.4 is 104 Å². The molecule has 0 spiro atoms. The predicted molar refractivity (Wildman–Crippen MR) is 158 cm³/mol. The van der Waals surface area contributed by atoms with Crippen molar-refractivity contribution in [3.8, 4) is 17.2 Å². The van der Waals surface area contributed by atoms with Crippen molar-refractivity contribution in [3.05, 3.63) is 76.8 Å². The van der Waals surface area contributed by atoms with Crippen LogP contribution in [-0.4, -0.2) is 45.1 Å². The number of azo groups is 1. The molecule has 5 N–H and O–H groups in total. The van der Waals surface area contributed by atoms with Crippen LogP contribution in [-0.2, 0) is 34.9 Å². The van der Waals surface area contributed by atoms with E-state index in [0.717, 1.165) is 12.1 Å². The molecule has 0 aliphatic heterocycles. The van der Waals surface area contributed by atoms with Crippen LogP contribution in [0.15, 0.2) is 91.6 Å². The monoisotopic (exact) mass is 773 g/mol. The van der Waals surface area contributed by atoms with Crippen LogP contribution in [0.5, 0.6) is 17.2 Å². The van der Waals surface area contributed by atoms with Gasteiger partial charge in [0.25, 0.3) is 15.8 Å². The predicted octanol–water partition coefficient (Wildman–Crippen LogP) is -5.12. The van der Waals surface area contributed by atoms with E-state index in [9.17, 15) is 64.7 Å². The Balaban J connectivity index is 0.00000289. The Kier molecular flexibility index (Phi) is 14.2. The van der Waals surface area contributed by atoms with Gasteiger partial charge < -0.3 is 25.2 Å². The number of anilines is 2. The number of aromatic hydroxyl groups is 1. The van der Waals surface area contributed by atoms with Crippen LogP contribution in [0.3, 0.4) is 0 Å². The van der Waals surface area contributed by atoms with Gasteiger partial charge in [0, 0.05) is 40.7 Å². The number of benzene rings is 5. The van der Waals surface area contributed by atoms with E-state index in [2.05, 4.69) is 15.5 Å². The van der Waals surface area contributed by atoms with Gasteiger partial charge in [-0.05, 0) is 62.8 Å². The molecule has 0 unspecified atom stereocenters. The molecule has 5 aromatic carbocycles. The zero-order valence-electron chi connectivity index (χ0n) is 25.8. The number of phenols is 1. The quantitative estimate of drug-likeness (QED) is 0.0246. The number of fused-ring (bicyclic) bond motifs is 2. The van der Waals surface area contributed by atoms with E-state index in [1.165, 1.54) is 42.5 Å². The minimum absolute atomic E-state index is 0. The molecular formula is C26H16N4Na3O14S3+. The third kappa shape index (κ3) is 9.38. The first-order chi connectivity index (χ1) is 21.7. The number of hydrogen-bond donors (Lipinski definition) is 5. The first-order valence-electron chi connectivity index (χ1n) is 12.4. The fourth-order valence-electron chi connectivity index (χ4n) is 4.46. The Morgan fingerprint density at radius 1 is 0.780 bits per heavy atom. The number of nitro groups is 1. The average molecular weight is 774 g/mol. The van der Waals surface area contributed by atoms with Crippen molar-refractivity contribution >= 4 is 80.7 Å². The number of rotatable bonds is 8. The van der Waals surface area contributed by atoms with Crippen molar-refractivity contribution in [2.75, 3.05) is 5.32 Å². The third-order valence-electron chi connectivity index (χ3n) is 6.58. The maximum atomic E-state index is 13.3. The minimum atomic E-state index is -5.34. The summed E-state index contributed by atoms with van der Waals surface area (Å²) in [5, 5.41) is 57.0.